The molecule has 0 bridgehead atoms. The van der Waals surface area contributed by atoms with Gasteiger partial charge >= 0.3 is 6.09 Å². The maximum absolute atomic E-state index is 13.2. The zero-order valence-electron chi connectivity index (χ0n) is 19.4. The summed E-state index contributed by atoms with van der Waals surface area (Å²) >= 11 is 1.36. The number of nitrogens with zero attached hydrogens (tertiary/aromatic N) is 4. The molecule has 0 spiro atoms. The van der Waals surface area contributed by atoms with Crippen molar-refractivity contribution < 1.29 is 19.1 Å². The van der Waals surface area contributed by atoms with Gasteiger partial charge in [-0.1, -0.05) is 12.1 Å². The molecule has 0 aliphatic carbocycles. The number of ether oxygens (including phenoxy) is 1. The van der Waals surface area contributed by atoms with Crippen molar-refractivity contribution in [2.75, 3.05) is 30.4 Å². The van der Waals surface area contributed by atoms with E-state index >= 15 is 0 Å². The molecule has 0 N–H and O–H groups in total. The van der Waals surface area contributed by atoms with Gasteiger partial charge in [-0.2, -0.15) is 0 Å². The van der Waals surface area contributed by atoms with E-state index in [1.807, 2.05) is 50.4 Å². The van der Waals surface area contributed by atoms with E-state index in [0.29, 0.717) is 18.1 Å². The second-order valence-electron chi connectivity index (χ2n) is 8.87. The lowest BCUT2D eigenvalue weighted by Crippen LogP contribution is -2.48. The number of anilines is 2. The van der Waals surface area contributed by atoms with E-state index in [4.69, 9.17) is 4.74 Å². The largest absolute Gasteiger partial charge is 0.444 e. The molecule has 1 aromatic carbocycles. The normalized spacial score (nSPS) is 16.1. The maximum Gasteiger partial charge on any atom is 0.410 e. The van der Waals surface area contributed by atoms with Crippen LogP contribution in [0.15, 0.2) is 29.6 Å². The van der Waals surface area contributed by atoms with E-state index < -0.39 is 17.7 Å². The van der Waals surface area contributed by atoms with Crippen LogP contribution in [-0.2, 0) is 14.3 Å². The Balaban J connectivity index is 1.76. The fourth-order valence-electron chi connectivity index (χ4n) is 3.49. The number of thiazole rings is 1. The van der Waals surface area contributed by atoms with Crippen LogP contribution < -0.4 is 9.80 Å². The van der Waals surface area contributed by atoms with Crippen LogP contribution in [-0.4, -0.2) is 60.1 Å². The van der Waals surface area contributed by atoms with Crippen LogP contribution in [0, 0.1) is 0 Å². The SMILES string of the molecule is CC(=O)N(C)c1cccc(-c2csc(N(C)C(=O)[C@@H]3CCCN3C(=O)OC(C)(C)C)n2)c1. The van der Waals surface area contributed by atoms with E-state index in [9.17, 15) is 14.4 Å². The highest BCUT2D eigenvalue weighted by molar-refractivity contribution is 7.14. The molecular weight excluding hydrogens is 428 g/mol. The van der Waals surface area contributed by atoms with Gasteiger partial charge in [-0.25, -0.2) is 9.78 Å². The van der Waals surface area contributed by atoms with Crippen molar-refractivity contribution in [3.63, 3.8) is 0 Å². The number of aromatic nitrogens is 1. The molecule has 1 fully saturated rings. The molecule has 3 rings (SSSR count). The highest BCUT2D eigenvalue weighted by Crippen LogP contribution is 2.31. The molecule has 1 atom stereocenters. The zero-order chi connectivity index (χ0) is 23.6. The van der Waals surface area contributed by atoms with E-state index in [2.05, 4.69) is 4.98 Å². The maximum atomic E-state index is 13.2. The number of carbonyl (C=O) groups excluding carboxylic acids is 3. The average molecular weight is 459 g/mol. The minimum atomic E-state index is -0.617. The molecule has 9 heteroatoms. The van der Waals surface area contributed by atoms with Crippen molar-refractivity contribution in [1.82, 2.24) is 9.88 Å². The summed E-state index contributed by atoms with van der Waals surface area (Å²) in [5.41, 5.74) is 1.73. The van der Waals surface area contributed by atoms with Crippen LogP contribution in [0.5, 0.6) is 0 Å². The van der Waals surface area contributed by atoms with E-state index in [1.54, 1.807) is 19.0 Å². The molecule has 1 aliphatic rings. The molecular formula is C23H30N4O4S. The van der Waals surface area contributed by atoms with Gasteiger partial charge in [-0.05, 0) is 45.7 Å². The third-order valence-electron chi connectivity index (χ3n) is 5.28. The number of likely N-dealkylation sites (tertiary alicyclic amines) is 1. The van der Waals surface area contributed by atoms with Gasteiger partial charge in [0, 0.05) is 44.2 Å². The molecule has 0 saturated carbocycles. The van der Waals surface area contributed by atoms with E-state index in [1.165, 1.54) is 28.1 Å². The molecule has 2 heterocycles. The third-order valence-corrected chi connectivity index (χ3v) is 6.19. The standard InChI is InChI=1S/C23H30N4O4S/c1-15(28)25(5)17-10-7-9-16(13-17)18-14-32-21(24-18)26(6)20(29)19-11-8-12-27(19)22(30)31-23(2,3)4/h7,9-10,13-14,19H,8,11-12H2,1-6H3/t19-/m0/s1. The van der Waals surface area contributed by atoms with Gasteiger partial charge < -0.3 is 9.64 Å². The average Bonchev–Trinajstić information content (AvgIpc) is 3.40. The summed E-state index contributed by atoms with van der Waals surface area (Å²) in [4.78, 5) is 46.6. The molecule has 1 saturated heterocycles. The smallest absolute Gasteiger partial charge is 0.410 e. The first kappa shape index (κ1) is 23.7. The van der Waals surface area contributed by atoms with Gasteiger partial charge in [0.1, 0.15) is 11.6 Å². The summed E-state index contributed by atoms with van der Waals surface area (Å²) in [6.07, 6.45) is 0.886. The fraction of sp³-hybridized carbons (Fsp3) is 0.478. The van der Waals surface area contributed by atoms with Crippen molar-refractivity contribution in [2.45, 2.75) is 52.2 Å². The number of hydrogen-bond acceptors (Lipinski definition) is 6. The molecule has 0 radical (unpaired) electrons. The second kappa shape index (κ2) is 9.28. The van der Waals surface area contributed by atoms with Crippen molar-refractivity contribution in [3.8, 4) is 11.3 Å². The first-order chi connectivity index (χ1) is 15.0. The first-order valence-electron chi connectivity index (χ1n) is 10.6. The molecule has 3 amide bonds. The lowest BCUT2D eigenvalue weighted by atomic mass is 10.1. The lowest BCUT2D eigenvalue weighted by Gasteiger charge is -2.29. The Bertz CT molecular complexity index is 1010. The van der Waals surface area contributed by atoms with Gasteiger partial charge in [0.05, 0.1) is 5.69 Å². The predicted octanol–water partition coefficient (Wildman–Crippen LogP) is 4.16. The first-order valence-corrected chi connectivity index (χ1v) is 11.4. The number of rotatable bonds is 4. The summed E-state index contributed by atoms with van der Waals surface area (Å²) in [5, 5.41) is 2.43. The van der Waals surface area contributed by atoms with Gasteiger partial charge in [0.2, 0.25) is 5.91 Å². The second-order valence-corrected chi connectivity index (χ2v) is 9.71. The molecule has 32 heavy (non-hydrogen) atoms. The van der Waals surface area contributed by atoms with Crippen LogP contribution in [0.2, 0.25) is 0 Å². The molecule has 0 unspecified atom stereocenters. The van der Waals surface area contributed by atoms with Crippen molar-refractivity contribution in [1.29, 1.82) is 0 Å². The highest BCUT2D eigenvalue weighted by atomic mass is 32.1. The van der Waals surface area contributed by atoms with Crippen molar-refractivity contribution in [2.24, 2.45) is 0 Å². The minimum absolute atomic E-state index is 0.0578. The lowest BCUT2D eigenvalue weighted by molar-refractivity contribution is -0.122. The molecule has 172 valence electrons. The van der Waals surface area contributed by atoms with Crippen LogP contribution >= 0.6 is 11.3 Å². The number of amides is 3. The minimum Gasteiger partial charge on any atom is -0.444 e. The molecule has 1 aliphatic heterocycles. The van der Waals surface area contributed by atoms with Gasteiger partial charge in [0.25, 0.3) is 5.91 Å². The van der Waals surface area contributed by atoms with Crippen LogP contribution in [0.3, 0.4) is 0 Å². The number of hydrogen-bond donors (Lipinski definition) is 0. The number of benzene rings is 1. The van der Waals surface area contributed by atoms with E-state index in [0.717, 1.165) is 23.4 Å². The summed E-state index contributed by atoms with van der Waals surface area (Å²) in [6, 6.07) is 6.98. The molecule has 1 aromatic heterocycles. The Hall–Kier alpha value is -2.94. The quantitative estimate of drug-likeness (QED) is 0.687. The van der Waals surface area contributed by atoms with Crippen molar-refractivity contribution >= 4 is 40.1 Å². The summed E-state index contributed by atoms with van der Waals surface area (Å²) in [7, 11) is 3.40. The Morgan fingerprint density at radius 2 is 1.91 bits per heavy atom. The topological polar surface area (TPSA) is 83.1 Å². The van der Waals surface area contributed by atoms with Crippen LogP contribution in [0.1, 0.15) is 40.5 Å². The Kier molecular flexibility index (Phi) is 6.88. The summed E-state index contributed by atoms with van der Waals surface area (Å²) in [5.74, 6) is -0.239. The number of carbonyl (C=O) groups is 3. The van der Waals surface area contributed by atoms with Gasteiger partial charge in [-0.15, -0.1) is 11.3 Å². The summed E-state index contributed by atoms with van der Waals surface area (Å²) < 4.78 is 5.47. The van der Waals surface area contributed by atoms with E-state index in [-0.39, 0.29) is 11.8 Å². The predicted molar refractivity (Wildman–Crippen MR) is 126 cm³/mol. The van der Waals surface area contributed by atoms with Crippen molar-refractivity contribution in [3.05, 3.63) is 29.6 Å². The Morgan fingerprint density at radius 3 is 2.56 bits per heavy atom. The van der Waals surface area contributed by atoms with Gasteiger partial charge in [0.15, 0.2) is 5.13 Å². The van der Waals surface area contributed by atoms with Gasteiger partial charge in [-0.3, -0.25) is 19.4 Å². The Labute approximate surface area is 192 Å². The number of likely N-dealkylation sites (N-methyl/N-ethyl adjacent to an activating group) is 1. The Morgan fingerprint density at radius 1 is 1.19 bits per heavy atom. The fourth-order valence-corrected chi connectivity index (χ4v) is 4.29. The van der Waals surface area contributed by atoms with Crippen LogP contribution in [0.25, 0.3) is 11.3 Å². The molecule has 2 aromatic rings. The summed E-state index contributed by atoms with van der Waals surface area (Å²) in [6.45, 7) is 7.44. The monoisotopic (exact) mass is 458 g/mol. The third kappa shape index (κ3) is 5.27. The highest BCUT2D eigenvalue weighted by Gasteiger charge is 2.38. The van der Waals surface area contributed by atoms with Crippen LogP contribution in [0.4, 0.5) is 15.6 Å². The zero-order valence-corrected chi connectivity index (χ0v) is 20.2. The molecule has 8 nitrogen and oxygen atoms in total.